The normalized spacial score (nSPS) is 10.0. The van der Waals surface area contributed by atoms with Gasteiger partial charge in [-0.25, -0.2) is 9.37 Å². The molecule has 0 saturated carbocycles. The zero-order valence-electron chi connectivity index (χ0n) is 7.74. The van der Waals surface area contributed by atoms with Crippen molar-refractivity contribution in [1.82, 2.24) is 4.98 Å². The quantitative estimate of drug-likeness (QED) is 0.840. The molecule has 0 spiro atoms. The van der Waals surface area contributed by atoms with Crippen molar-refractivity contribution in [2.24, 2.45) is 0 Å². The molecule has 0 bridgehead atoms. The summed E-state index contributed by atoms with van der Waals surface area (Å²) in [6.07, 6.45) is 1.16. The monoisotopic (exact) mass is 222 g/mol. The van der Waals surface area contributed by atoms with Gasteiger partial charge in [0.2, 0.25) is 0 Å². The molecule has 0 amide bonds. The third-order valence-corrected chi connectivity index (χ3v) is 2.06. The van der Waals surface area contributed by atoms with Gasteiger partial charge in [-0.15, -0.1) is 0 Å². The number of anilines is 2. The van der Waals surface area contributed by atoms with Crippen molar-refractivity contribution < 1.29 is 4.39 Å². The minimum Gasteiger partial charge on any atom is -0.340 e. The Bertz CT molecular complexity index is 456. The second kappa shape index (κ2) is 4.28. The zero-order chi connectivity index (χ0) is 10.7. The molecule has 0 aliphatic heterocycles. The van der Waals surface area contributed by atoms with Crippen LogP contribution in [-0.4, -0.2) is 4.98 Å². The molecule has 1 heterocycles. The highest BCUT2D eigenvalue weighted by molar-refractivity contribution is 6.30. The molecule has 0 aliphatic carbocycles. The topological polar surface area (TPSA) is 24.9 Å². The number of pyridine rings is 1. The molecule has 1 N–H and O–H groups in total. The third-order valence-electron chi connectivity index (χ3n) is 1.82. The molecule has 2 nitrogen and oxygen atoms in total. The number of rotatable bonds is 2. The van der Waals surface area contributed by atoms with Crippen LogP contribution in [0.5, 0.6) is 0 Å². The maximum absolute atomic E-state index is 12.6. The van der Waals surface area contributed by atoms with Gasteiger partial charge in [-0.1, -0.05) is 17.7 Å². The predicted molar refractivity (Wildman–Crippen MR) is 58.9 cm³/mol. The lowest BCUT2D eigenvalue weighted by Crippen LogP contribution is -1.93. The highest BCUT2D eigenvalue weighted by atomic mass is 35.5. The van der Waals surface area contributed by atoms with E-state index in [2.05, 4.69) is 10.3 Å². The van der Waals surface area contributed by atoms with Crippen LogP contribution in [0.2, 0.25) is 5.02 Å². The van der Waals surface area contributed by atoms with Crippen molar-refractivity contribution in [3.63, 3.8) is 0 Å². The van der Waals surface area contributed by atoms with Crippen molar-refractivity contribution >= 4 is 23.1 Å². The molecular weight excluding hydrogens is 215 g/mol. The van der Waals surface area contributed by atoms with Gasteiger partial charge in [0.25, 0.3) is 0 Å². The lowest BCUT2D eigenvalue weighted by Gasteiger charge is -2.04. The number of hydrogen-bond acceptors (Lipinski definition) is 2. The summed E-state index contributed by atoms with van der Waals surface area (Å²) in [7, 11) is 0. The fourth-order valence-corrected chi connectivity index (χ4v) is 1.35. The Morgan fingerprint density at radius 1 is 1.20 bits per heavy atom. The third kappa shape index (κ3) is 2.67. The van der Waals surface area contributed by atoms with E-state index in [4.69, 9.17) is 11.6 Å². The van der Waals surface area contributed by atoms with E-state index in [0.717, 1.165) is 11.9 Å². The van der Waals surface area contributed by atoms with E-state index in [1.54, 1.807) is 18.2 Å². The Hall–Kier alpha value is -1.61. The summed E-state index contributed by atoms with van der Waals surface area (Å²) in [5.74, 6) is 0.227. The molecule has 2 aromatic rings. The average molecular weight is 223 g/mol. The minimum absolute atomic E-state index is 0.355. The van der Waals surface area contributed by atoms with E-state index < -0.39 is 0 Å². The van der Waals surface area contributed by atoms with Crippen LogP contribution < -0.4 is 5.32 Å². The second-order valence-electron chi connectivity index (χ2n) is 3.00. The Morgan fingerprint density at radius 2 is 2.07 bits per heavy atom. The highest BCUT2D eigenvalue weighted by Gasteiger charge is 1.96. The van der Waals surface area contributed by atoms with E-state index in [1.165, 1.54) is 6.07 Å². The van der Waals surface area contributed by atoms with E-state index in [0.29, 0.717) is 10.8 Å². The molecule has 0 radical (unpaired) electrons. The van der Waals surface area contributed by atoms with Gasteiger partial charge in [-0.05, 0) is 30.3 Å². The van der Waals surface area contributed by atoms with E-state index >= 15 is 0 Å². The maximum atomic E-state index is 12.6. The Morgan fingerprint density at radius 3 is 2.73 bits per heavy atom. The van der Waals surface area contributed by atoms with Gasteiger partial charge in [0.1, 0.15) is 11.6 Å². The van der Waals surface area contributed by atoms with Crippen molar-refractivity contribution in [2.45, 2.75) is 0 Å². The van der Waals surface area contributed by atoms with Gasteiger partial charge in [0, 0.05) is 10.7 Å². The lowest BCUT2D eigenvalue weighted by molar-refractivity contribution is 0.622. The standard InChI is InChI=1S/C11H8ClFN2/c12-8-2-1-3-10(6-8)15-11-5-4-9(13)7-14-11/h1-7H,(H,14,15). The molecule has 2 rings (SSSR count). The van der Waals surface area contributed by atoms with Crippen LogP contribution in [0.4, 0.5) is 15.9 Å². The number of aromatic nitrogens is 1. The van der Waals surface area contributed by atoms with E-state index in [1.807, 2.05) is 12.1 Å². The fraction of sp³-hybridized carbons (Fsp3) is 0. The largest absolute Gasteiger partial charge is 0.340 e. The Balaban J connectivity index is 2.18. The van der Waals surface area contributed by atoms with Crippen LogP contribution in [-0.2, 0) is 0 Å². The van der Waals surface area contributed by atoms with Crippen molar-refractivity contribution in [3.05, 3.63) is 53.4 Å². The highest BCUT2D eigenvalue weighted by Crippen LogP contribution is 2.18. The first kappa shape index (κ1) is 9.93. The summed E-state index contributed by atoms with van der Waals surface area (Å²) in [6, 6.07) is 10.2. The summed E-state index contributed by atoms with van der Waals surface area (Å²) >= 11 is 5.82. The van der Waals surface area contributed by atoms with E-state index in [-0.39, 0.29) is 5.82 Å². The zero-order valence-corrected chi connectivity index (χ0v) is 8.50. The fourth-order valence-electron chi connectivity index (χ4n) is 1.16. The Kier molecular flexibility index (Phi) is 2.83. The molecule has 4 heteroatoms. The lowest BCUT2D eigenvalue weighted by atomic mass is 10.3. The van der Waals surface area contributed by atoms with Crippen LogP contribution in [0.25, 0.3) is 0 Å². The van der Waals surface area contributed by atoms with Gasteiger partial charge < -0.3 is 5.32 Å². The van der Waals surface area contributed by atoms with Gasteiger partial charge in [0.15, 0.2) is 0 Å². The van der Waals surface area contributed by atoms with Gasteiger partial charge in [-0.2, -0.15) is 0 Å². The van der Waals surface area contributed by atoms with Crippen molar-refractivity contribution in [2.75, 3.05) is 5.32 Å². The number of halogens is 2. The average Bonchev–Trinajstić information content (AvgIpc) is 2.22. The summed E-state index contributed by atoms with van der Waals surface area (Å²) in [6.45, 7) is 0. The van der Waals surface area contributed by atoms with Crippen LogP contribution in [0.15, 0.2) is 42.6 Å². The van der Waals surface area contributed by atoms with Gasteiger partial charge >= 0.3 is 0 Å². The number of benzene rings is 1. The first-order valence-corrected chi connectivity index (χ1v) is 4.76. The molecule has 0 saturated heterocycles. The van der Waals surface area contributed by atoms with E-state index in [9.17, 15) is 4.39 Å². The molecule has 15 heavy (non-hydrogen) atoms. The summed E-state index contributed by atoms with van der Waals surface area (Å²) in [5, 5.41) is 3.65. The smallest absolute Gasteiger partial charge is 0.141 e. The minimum atomic E-state index is -0.355. The van der Waals surface area contributed by atoms with Crippen LogP contribution in [0.1, 0.15) is 0 Å². The number of hydrogen-bond donors (Lipinski definition) is 1. The number of nitrogens with zero attached hydrogens (tertiary/aromatic N) is 1. The summed E-state index contributed by atoms with van der Waals surface area (Å²) < 4.78 is 12.6. The first-order chi connectivity index (χ1) is 7.24. The molecule has 76 valence electrons. The SMILES string of the molecule is Fc1ccc(Nc2cccc(Cl)c2)nc1. The molecule has 0 aliphatic rings. The van der Waals surface area contributed by atoms with Gasteiger partial charge in [0.05, 0.1) is 6.20 Å². The van der Waals surface area contributed by atoms with Crippen molar-refractivity contribution in [1.29, 1.82) is 0 Å². The van der Waals surface area contributed by atoms with Crippen LogP contribution in [0, 0.1) is 5.82 Å². The maximum Gasteiger partial charge on any atom is 0.141 e. The van der Waals surface area contributed by atoms with Crippen LogP contribution >= 0.6 is 11.6 Å². The molecular formula is C11H8ClFN2. The van der Waals surface area contributed by atoms with Crippen molar-refractivity contribution in [3.8, 4) is 0 Å². The summed E-state index contributed by atoms with van der Waals surface area (Å²) in [4.78, 5) is 3.87. The summed E-state index contributed by atoms with van der Waals surface area (Å²) in [5.41, 5.74) is 0.821. The second-order valence-corrected chi connectivity index (χ2v) is 3.43. The number of nitrogens with one attached hydrogen (secondary N) is 1. The molecule has 1 aromatic carbocycles. The van der Waals surface area contributed by atoms with Crippen LogP contribution in [0.3, 0.4) is 0 Å². The molecule has 0 unspecified atom stereocenters. The molecule has 0 fully saturated rings. The predicted octanol–water partition coefficient (Wildman–Crippen LogP) is 3.62. The molecule has 0 atom stereocenters. The first-order valence-electron chi connectivity index (χ1n) is 4.38. The molecule has 1 aromatic heterocycles. The Labute approximate surface area is 91.7 Å². The van der Waals surface area contributed by atoms with Gasteiger partial charge in [-0.3, -0.25) is 0 Å².